The van der Waals surface area contributed by atoms with Crippen molar-refractivity contribution >= 4 is 5.91 Å². The minimum atomic E-state index is -0.758. The monoisotopic (exact) mass is 272 g/mol. The fourth-order valence-corrected chi connectivity index (χ4v) is 2.75. The molecule has 0 radical (unpaired) electrons. The number of carbonyl (C=O) groups is 1. The van der Waals surface area contributed by atoms with Crippen LogP contribution in [0.2, 0.25) is 0 Å². The molecule has 0 atom stereocenters. The number of phenols is 1. The van der Waals surface area contributed by atoms with Crippen LogP contribution in [0.4, 0.5) is 0 Å². The summed E-state index contributed by atoms with van der Waals surface area (Å²) in [4.78, 5) is 12.4. The maximum absolute atomic E-state index is 12.4. The first-order valence-electron chi connectivity index (χ1n) is 7.10. The van der Waals surface area contributed by atoms with E-state index < -0.39 is 5.54 Å². The van der Waals surface area contributed by atoms with Gasteiger partial charge in [-0.15, -0.1) is 0 Å². The van der Waals surface area contributed by atoms with Crippen LogP contribution in [-0.4, -0.2) is 16.6 Å². The molecular formula is C16H20N2O2. The number of hydrogen-bond acceptors (Lipinski definition) is 3. The van der Waals surface area contributed by atoms with E-state index >= 15 is 0 Å². The predicted octanol–water partition coefficient (Wildman–Crippen LogP) is 3.05. The third-order valence-corrected chi connectivity index (χ3v) is 4.07. The molecule has 0 heterocycles. The number of benzene rings is 1. The highest BCUT2D eigenvalue weighted by Crippen LogP contribution is 2.28. The van der Waals surface area contributed by atoms with E-state index in [0.29, 0.717) is 24.0 Å². The molecule has 1 aliphatic carbocycles. The number of aromatic hydroxyl groups is 1. The van der Waals surface area contributed by atoms with Crippen LogP contribution in [0.3, 0.4) is 0 Å². The Balaban J connectivity index is 2.21. The molecule has 106 valence electrons. The van der Waals surface area contributed by atoms with Crippen molar-refractivity contribution < 1.29 is 9.90 Å². The van der Waals surface area contributed by atoms with Gasteiger partial charge in [0.25, 0.3) is 5.91 Å². The highest BCUT2D eigenvalue weighted by atomic mass is 16.3. The van der Waals surface area contributed by atoms with Crippen molar-refractivity contribution in [2.75, 3.05) is 0 Å². The molecule has 0 bridgehead atoms. The van der Waals surface area contributed by atoms with Gasteiger partial charge in [0.1, 0.15) is 11.3 Å². The third-order valence-electron chi connectivity index (χ3n) is 4.07. The van der Waals surface area contributed by atoms with Crippen molar-refractivity contribution in [3.63, 3.8) is 0 Å². The van der Waals surface area contributed by atoms with Gasteiger partial charge in [-0.05, 0) is 31.9 Å². The van der Waals surface area contributed by atoms with E-state index in [0.717, 1.165) is 25.7 Å². The highest BCUT2D eigenvalue weighted by molar-refractivity contribution is 5.96. The second-order valence-electron chi connectivity index (χ2n) is 5.51. The van der Waals surface area contributed by atoms with Gasteiger partial charge in [-0.1, -0.05) is 31.7 Å². The normalized spacial score (nSPS) is 17.8. The number of nitrogens with zero attached hydrogens (tertiary/aromatic N) is 1. The van der Waals surface area contributed by atoms with Crippen LogP contribution in [0.15, 0.2) is 18.2 Å². The minimum Gasteiger partial charge on any atom is -0.508 e. The Bertz CT molecular complexity index is 538. The van der Waals surface area contributed by atoms with Crippen molar-refractivity contribution in [1.29, 1.82) is 5.26 Å². The fraction of sp³-hybridized carbons (Fsp3) is 0.500. The van der Waals surface area contributed by atoms with Gasteiger partial charge >= 0.3 is 0 Å². The lowest BCUT2D eigenvalue weighted by atomic mass is 9.91. The Morgan fingerprint density at radius 1 is 1.30 bits per heavy atom. The third kappa shape index (κ3) is 2.93. The second-order valence-corrected chi connectivity index (χ2v) is 5.51. The maximum atomic E-state index is 12.4. The van der Waals surface area contributed by atoms with E-state index in [1.165, 1.54) is 0 Å². The van der Waals surface area contributed by atoms with E-state index in [1.54, 1.807) is 25.1 Å². The second kappa shape index (κ2) is 5.96. The van der Waals surface area contributed by atoms with E-state index in [1.807, 2.05) is 0 Å². The van der Waals surface area contributed by atoms with E-state index in [4.69, 9.17) is 0 Å². The Kier molecular flexibility index (Phi) is 4.29. The van der Waals surface area contributed by atoms with E-state index in [9.17, 15) is 15.2 Å². The van der Waals surface area contributed by atoms with Gasteiger partial charge < -0.3 is 10.4 Å². The largest absolute Gasteiger partial charge is 0.508 e. The average Bonchev–Trinajstić information content (AvgIpc) is 2.68. The van der Waals surface area contributed by atoms with E-state index in [2.05, 4.69) is 11.4 Å². The van der Waals surface area contributed by atoms with Crippen LogP contribution in [-0.2, 0) is 0 Å². The summed E-state index contributed by atoms with van der Waals surface area (Å²) in [6.45, 7) is 1.70. The lowest BCUT2D eigenvalue weighted by Crippen LogP contribution is -2.47. The molecule has 1 aliphatic rings. The molecule has 20 heavy (non-hydrogen) atoms. The van der Waals surface area contributed by atoms with Crippen molar-refractivity contribution in [1.82, 2.24) is 5.32 Å². The first-order chi connectivity index (χ1) is 9.58. The molecule has 0 unspecified atom stereocenters. The lowest BCUT2D eigenvalue weighted by Gasteiger charge is -2.26. The predicted molar refractivity (Wildman–Crippen MR) is 76.4 cm³/mol. The molecule has 1 aromatic carbocycles. The molecule has 2 rings (SSSR count). The Morgan fingerprint density at radius 3 is 2.55 bits per heavy atom. The summed E-state index contributed by atoms with van der Waals surface area (Å²) >= 11 is 0. The molecule has 1 aromatic rings. The molecule has 0 spiro atoms. The molecular weight excluding hydrogens is 252 g/mol. The average molecular weight is 272 g/mol. The molecule has 1 fully saturated rings. The standard InChI is InChI=1S/C16H20N2O2/c1-12-13(7-6-8-14(12)19)15(20)18-16(11-17)9-4-2-3-5-10-16/h6-8,19H,2-5,9-10H2,1H3,(H,18,20). The molecule has 0 saturated heterocycles. The van der Waals surface area contributed by atoms with Crippen LogP contribution >= 0.6 is 0 Å². The lowest BCUT2D eigenvalue weighted by molar-refractivity contribution is 0.0912. The molecule has 1 amide bonds. The summed E-state index contributed by atoms with van der Waals surface area (Å²) < 4.78 is 0. The minimum absolute atomic E-state index is 0.101. The SMILES string of the molecule is Cc1c(O)cccc1C(=O)NC1(C#N)CCCCCC1. The van der Waals surface area contributed by atoms with Gasteiger partial charge in [-0.25, -0.2) is 0 Å². The highest BCUT2D eigenvalue weighted by Gasteiger charge is 2.33. The zero-order valence-electron chi connectivity index (χ0n) is 11.8. The molecule has 4 heteroatoms. The Morgan fingerprint density at radius 2 is 1.95 bits per heavy atom. The number of carbonyl (C=O) groups excluding carboxylic acids is 1. The van der Waals surface area contributed by atoms with Gasteiger partial charge in [-0.2, -0.15) is 5.26 Å². The molecule has 1 saturated carbocycles. The number of nitrogens with one attached hydrogen (secondary N) is 1. The van der Waals surface area contributed by atoms with Gasteiger partial charge in [0.15, 0.2) is 0 Å². The number of rotatable bonds is 2. The van der Waals surface area contributed by atoms with Crippen LogP contribution in [0.25, 0.3) is 0 Å². The van der Waals surface area contributed by atoms with Gasteiger partial charge in [0.2, 0.25) is 0 Å². The number of phenolic OH excluding ortho intramolecular Hbond substituents is 1. The van der Waals surface area contributed by atoms with E-state index in [-0.39, 0.29) is 11.7 Å². The summed E-state index contributed by atoms with van der Waals surface area (Å²) in [7, 11) is 0. The first-order valence-corrected chi connectivity index (χ1v) is 7.10. The molecule has 4 nitrogen and oxygen atoms in total. The Labute approximate surface area is 119 Å². The quantitative estimate of drug-likeness (QED) is 0.813. The van der Waals surface area contributed by atoms with Crippen molar-refractivity contribution in [3.8, 4) is 11.8 Å². The zero-order valence-corrected chi connectivity index (χ0v) is 11.8. The topological polar surface area (TPSA) is 73.1 Å². The summed E-state index contributed by atoms with van der Waals surface area (Å²) in [6, 6.07) is 7.17. The van der Waals surface area contributed by atoms with Crippen molar-refractivity contribution in [2.45, 2.75) is 51.0 Å². The maximum Gasteiger partial charge on any atom is 0.252 e. The smallest absolute Gasteiger partial charge is 0.252 e. The number of nitriles is 1. The summed E-state index contributed by atoms with van der Waals surface area (Å²) in [6.07, 6.45) is 5.56. The summed E-state index contributed by atoms with van der Waals surface area (Å²) in [5.74, 6) is -0.175. The first kappa shape index (κ1) is 14.4. The van der Waals surface area contributed by atoms with Crippen LogP contribution in [0.1, 0.15) is 54.4 Å². The van der Waals surface area contributed by atoms with Gasteiger partial charge in [0.05, 0.1) is 6.07 Å². The van der Waals surface area contributed by atoms with Crippen molar-refractivity contribution in [3.05, 3.63) is 29.3 Å². The van der Waals surface area contributed by atoms with Crippen LogP contribution in [0.5, 0.6) is 5.75 Å². The molecule has 0 aromatic heterocycles. The fourth-order valence-electron chi connectivity index (χ4n) is 2.75. The summed E-state index contributed by atoms with van der Waals surface area (Å²) in [5.41, 5.74) is 0.224. The number of hydrogen-bond donors (Lipinski definition) is 2. The summed E-state index contributed by atoms with van der Waals surface area (Å²) in [5, 5.41) is 22.0. The molecule has 2 N–H and O–H groups in total. The van der Waals surface area contributed by atoms with Crippen molar-refractivity contribution in [2.24, 2.45) is 0 Å². The molecule has 0 aliphatic heterocycles. The van der Waals surface area contributed by atoms with Crippen LogP contribution < -0.4 is 5.32 Å². The number of amides is 1. The zero-order chi connectivity index (χ0) is 14.6. The van der Waals surface area contributed by atoms with Gasteiger partial charge in [-0.3, -0.25) is 4.79 Å². The van der Waals surface area contributed by atoms with Gasteiger partial charge in [0, 0.05) is 11.1 Å². The Hall–Kier alpha value is -2.02. The van der Waals surface area contributed by atoms with Crippen LogP contribution in [0, 0.1) is 18.3 Å².